The molecule has 0 N–H and O–H groups in total. The predicted octanol–water partition coefficient (Wildman–Crippen LogP) is 6.63. The van der Waals surface area contributed by atoms with Gasteiger partial charge in [0.2, 0.25) is 0 Å². The van der Waals surface area contributed by atoms with Crippen LogP contribution >= 0.6 is 0 Å². The first-order valence-electron chi connectivity index (χ1n) is 10.4. The summed E-state index contributed by atoms with van der Waals surface area (Å²) in [6.07, 6.45) is 0. The van der Waals surface area contributed by atoms with Crippen LogP contribution in [0, 0.1) is 6.92 Å². The van der Waals surface area contributed by atoms with E-state index in [1.165, 1.54) is 0 Å². The number of benzene rings is 3. The summed E-state index contributed by atoms with van der Waals surface area (Å²) < 4.78 is 2.27. The van der Waals surface area contributed by atoms with Crippen LogP contribution in [-0.2, 0) is 11.4 Å². The number of carbonyl (C=O) groups excluding carboxylic acids is 1. The van der Waals surface area contributed by atoms with Gasteiger partial charge in [0.1, 0.15) is 5.76 Å². The van der Waals surface area contributed by atoms with Gasteiger partial charge >= 0.3 is 0 Å². The molecular weight excluding hydrogens is 384 g/mol. The van der Waals surface area contributed by atoms with Gasteiger partial charge in [-0.1, -0.05) is 42.1 Å². The fourth-order valence-electron chi connectivity index (χ4n) is 3.99. The molecule has 0 amide bonds. The summed E-state index contributed by atoms with van der Waals surface area (Å²) in [5, 5.41) is 6.32. The summed E-state index contributed by atoms with van der Waals surface area (Å²) in [4.78, 5) is 18.4. The molecule has 0 aliphatic carbocycles. The summed E-state index contributed by atoms with van der Waals surface area (Å²) in [6, 6.07) is 20.0. The Kier molecular flexibility index (Phi) is 5.47. The second-order valence-electron chi connectivity index (χ2n) is 7.82. The first kappa shape index (κ1) is 20.6. The van der Waals surface area contributed by atoms with Gasteiger partial charge in [0, 0.05) is 39.5 Å². The fourth-order valence-corrected chi connectivity index (χ4v) is 3.99. The van der Waals surface area contributed by atoms with Crippen LogP contribution in [0.4, 0.5) is 0 Å². The number of fused-ring (bicyclic) bond motifs is 3. The molecule has 0 atom stereocenters. The highest BCUT2D eigenvalue weighted by atomic mass is 16.6. The highest BCUT2D eigenvalue weighted by Gasteiger charge is 2.16. The number of rotatable bonds is 6. The molecule has 0 aliphatic heterocycles. The lowest BCUT2D eigenvalue weighted by atomic mass is 9.97. The number of hydrogen-bond acceptors (Lipinski definition) is 3. The molecule has 0 fully saturated rings. The smallest absolute Gasteiger partial charge is 0.193 e. The number of oxime groups is 1. The van der Waals surface area contributed by atoms with Crippen molar-refractivity contribution in [3.05, 3.63) is 95.3 Å². The van der Waals surface area contributed by atoms with Crippen molar-refractivity contribution in [1.82, 2.24) is 4.57 Å². The maximum Gasteiger partial charge on any atom is 0.193 e. The van der Waals surface area contributed by atoms with E-state index in [0.29, 0.717) is 11.3 Å². The van der Waals surface area contributed by atoms with Crippen molar-refractivity contribution in [3.8, 4) is 0 Å². The Morgan fingerprint density at radius 3 is 2.19 bits per heavy atom. The normalized spacial score (nSPS) is 11.8. The highest BCUT2D eigenvalue weighted by molar-refractivity contribution is 6.16. The van der Waals surface area contributed by atoms with Gasteiger partial charge in [-0.15, -0.1) is 0 Å². The van der Waals surface area contributed by atoms with Crippen LogP contribution in [0.25, 0.3) is 21.8 Å². The number of allylic oxidation sites excluding steroid dienone is 1. The van der Waals surface area contributed by atoms with Crippen LogP contribution in [0.2, 0.25) is 0 Å². The van der Waals surface area contributed by atoms with Crippen molar-refractivity contribution in [2.75, 3.05) is 0 Å². The quantitative estimate of drug-likeness (QED) is 0.155. The molecule has 0 aliphatic rings. The van der Waals surface area contributed by atoms with E-state index in [1.807, 2.05) is 56.3 Å². The van der Waals surface area contributed by atoms with Crippen molar-refractivity contribution < 1.29 is 9.63 Å². The van der Waals surface area contributed by atoms with Crippen molar-refractivity contribution in [2.24, 2.45) is 5.16 Å². The molecule has 4 nitrogen and oxygen atoms in total. The average Bonchev–Trinajstić information content (AvgIpc) is 3.09. The van der Waals surface area contributed by atoms with Crippen LogP contribution in [0.5, 0.6) is 0 Å². The molecule has 0 saturated carbocycles. The standard InChI is InChI=1S/C27H26N2O2/c1-6-29-25-13-11-20(19(5)28-31-17(2)3)15-23(25)24-16-21(12-14-26(24)29)27(30)22-10-8-7-9-18(22)4/h7-16H,2,6H2,1,3-5H3/b28-19-. The maximum absolute atomic E-state index is 13.2. The minimum absolute atomic E-state index is 0.0427. The Morgan fingerprint density at radius 1 is 0.968 bits per heavy atom. The van der Waals surface area contributed by atoms with Crippen LogP contribution in [0.1, 0.15) is 47.8 Å². The lowest BCUT2D eigenvalue weighted by molar-refractivity contribution is 0.103. The summed E-state index contributed by atoms with van der Waals surface area (Å²) >= 11 is 0. The van der Waals surface area contributed by atoms with E-state index in [9.17, 15) is 4.79 Å². The van der Waals surface area contributed by atoms with Crippen LogP contribution < -0.4 is 0 Å². The topological polar surface area (TPSA) is 43.6 Å². The lowest BCUT2D eigenvalue weighted by Crippen LogP contribution is -2.03. The number of carbonyl (C=O) groups is 1. The number of aryl methyl sites for hydroxylation is 2. The van der Waals surface area contributed by atoms with Gasteiger partial charge < -0.3 is 9.40 Å². The van der Waals surface area contributed by atoms with Crippen molar-refractivity contribution in [1.29, 1.82) is 0 Å². The first-order valence-corrected chi connectivity index (χ1v) is 10.4. The van der Waals surface area contributed by atoms with E-state index >= 15 is 0 Å². The Morgan fingerprint density at radius 2 is 1.58 bits per heavy atom. The van der Waals surface area contributed by atoms with Crippen molar-refractivity contribution in [3.63, 3.8) is 0 Å². The summed E-state index contributed by atoms with van der Waals surface area (Å²) in [5.74, 6) is 0.587. The van der Waals surface area contributed by atoms with Gasteiger partial charge in [0.15, 0.2) is 5.78 Å². The third kappa shape index (κ3) is 3.77. The summed E-state index contributed by atoms with van der Waals surface area (Å²) in [6.45, 7) is 12.3. The maximum atomic E-state index is 13.2. The largest absolute Gasteiger partial charge is 0.362 e. The van der Waals surface area contributed by atoms with Gasteiger partial charge in [0.25, 0.3) is 0 Å². The first-order chi connectivity index (χ1) is 14.9. The molecule has 0 unspecified atom stereocenters. The molecule has 1 aromatic heterocycles. The van der Waals surface area contributed by atoms with Crippen molar-refractivity contribution >= 4 is 33.3 Å². The van der Waals surface area contributed by atoms with E-state index in [2.05, 4.69) is 41.4 Å². The zero-order valence-corrected chi connectivity index (χ0v) is 18.4. The monoisotopic (exact) mass is 410 g/mol. The minimum Gasteiger partial charge on any atom is -0.362 e. The van der Waals surface area contributed by atoms with E-state index in [1.54, 1.807) is 6.92 Å². The lowest BCUT2D eigenvalue weighted by Gasteiger charge is -2.06. The summed E-state index contributed by atoms with van der Waals surface area (Å²) in [5.41, 5.74) is 6.41. The Hall–Kier alpha value is -3.66. The molecule has 0 saturated heterocycles. The second kappa shape index (κ2) is 8.23. The van der Waals surface area contributed by atoms with Gasteiger partial charge in [0.05, 0.1) is 5.71 Å². The molecule has 0 spiro atoms. The molecule has 1 heterocycles. The number of nitrogens with zero attached hydrogens (tertiary/aromatic N) is 2. The Bertz CT molecular complexity index is 1360. The van der Waals surface area contributed by atoms with E-state index < -0.39 is 0 Å². The third-order valence-corrected chi connectivity index (χ3v) is 5.59. The second-order valence-corrected chi connectivity index (χ2v) is 7.82. The Balaban J connectivity index is 1.89. The molecule has 3 aromatic carbocycles. The molecule has 0 radical (unpaired) electrons. The zero-order valence-electron chi connectivity index (χ0n) is 18.4. The Labute approximate surface area is 182 Å². The van der Waals surface area contributed by atoms with Gasteiger partial charge in [-0.05, 0) is 69.2 Å². The number of ketones is 1. The molecule has 4 heteroatoms. The van der Waals surface area contributed by atoms with Crippen LogP contribution in [0.3, 0.4) is 0 Å². The highest BCUT2D eigenvalue weighted by Crippen LogP contribution is 2.31. The van der Waals surface area contributed by atoms with Gasteiger partial charge in [-0.2, -0.15) is 0 Å². The molecular formula is C27H26N2O2. The summed E-state index contributed by atoms with van der Waals surface area (Å²) in [7, 11) is 0. The number of hydrogen-bond donors (Lipinski definition) is 0. The van der Waals surface area contributed by atoms with E-state index in [4.69, 9.17) is 4.84 Å². The van der Waals surface area contributed by atoms with Gasteiger partial charge in [-0.3, -0.25) is 4.79 Å². The predicted molar refractivity (Wildman–Crippen MR) is 128 cm³/mol. The molecule has 4 rings (SSSR count). The third-order valence-electron chi connectivity index (χ3n) is 5.59. The van der Waals surface area contributed by atoms with Crippen LogP contribution in [0.15, 0.2) is 78.2 Å². The van der Waals surface area contributed by atoms with Gasteiger partial charge in [-0.25, -0.2) is 0 Å². The fraction of sp³-hybridized carbons (Fsp3) is 0.185. The molecule has 4 aromatic rings. The molecule has 156 valence electrons. The minimum atomic E-state index is 0.0427. The van der Waals surface area contributed by atoms with E-state index in [-0.39, 0.29) is 5.78 Å². The van der Waals surface area contributed by atoms with Crippen LogP contribution in [-0.4, -0.2) is 16.1 Å². The van der Waals surface area contributed by atoms with E-state index in [0.717, 1.165) is 50.8 Å². The van der Waals surface area contributed by atoms with Crippen molar-refractivity contribution in [2.45, 2.75) is 34.2 Å². The molecule has 0 bridgehead atoms. The zero-order chi connectivity index (χ0) is 22.1. The molecule has 31 heavy (non-hydrogen) atoms. The average molecular weight is 411 g/mol. The number of aromatic nitrogens is 1. The SMILES string of the molecule is C=C(C)O/N=C(/C)c1ccc2c(c1)c1cc(C(=O)c3ccccc3C)ccc1n2CC.